The Bertz CT molecular complexity index is 752. The van der Waals surface area contributed by atoms with E-state index in [-0.39, 0.29) is 12.1 Å². The van der Waals surface area contributed by atoms with Crippen molar-refractivity contribution in [2.45, 2.75) is 13.8 Å². The summed E-state index contributed by atoms with van der Waals surface area (Å²) in [6, 6.07) is 4.88. The molecule has 2 fully saturated rings. The average molecular weight is 417 g/mol. The van der Waals surface area contributed by atoms with Gasteiger partial charge in [0.1, 0.15) is 0 Å². The highest BCUT2D eigenvalue weighted by Crippen LogP contribution is 2.04. The fourth-order valence-corrected chi connectivity index (χ4v) is 2.89. The van der Waals surface area contributed by atoms with Crippen LogP contribution in [0.15, 0.2) is 28.4 Å². The van der Waals surface area contributed by atoms with E-state index < -0.39 is 0 Å². The van der Waals surface area contributed by atoms with Gasteiger partial charge in [0.15, 0.2) is 0 Å². The van der Waals surface area contributed by atoms with Crippen LogP contribution < -0.4 is 10.9 Å². The van der Waals surface area contributed by atoms with Gasteiger partial charge < -0.3 is 19.3 Å². The van der Waals surface area contributed by atoms with Crippen molar-refractivity contribution in [3.63, 3.8) is 0 Å². The molecular weight excluding hydrogens is 390 g/mol. The maximum atomic E-state index is 12.1. The Kier molecular flexibility index (Phi) is 7.69. The molecule has 2 aliphatic heterocycles. The van der Waals surface area contributed by atoms with Crippen molar-refractivity contribution in [1.29, 1.82) is 0 Å². The molecule has 3 rings (SSSR count). The Hall–Kier alpha value is -3.05. The van der Waals surface area contributed by atoms with Gasteiger partial charge in [-0.1, -0.05) is 6.07 Å². The minimum absolute atomic E-state index is 0.266. The van der Waals surface area contributed by atoms with E-state index in [1.54, 1.807) is 35.8 Å². The summed E-state index contributed by atoms with van der Waals surface area (Å²) in [5.74, 6) is 0. The van der Waals surface area contributed by atoms with Crippen molar-refractivity contribution in [3.8, 4) is 0 Å². The van der Waals surface area contributed by atoms with Gasteiger partial charge in [-0.2, -0.15) is 10.2 Å². The van der Waals surface area contributed by atoms with Crippen LogP contribution in [0, 0.1) is 0 Å². The summed E-state index contributed by atoms with van der Waals surface area (Å²) in [7, 11) is 0. The number of nitrogens with one attached hydrogen (secondary N) is 2. The first-order chi connectivity index (χ1) is 14.5. The molecule has 11 heteroatoms. The highest BCUT2D eigenvalue weighted by molar-refractivity contribution is 6.01. The Morgan fingerprint density at radius 1 is 0.833 bits per heavy atom. The molecule has 0 atom stereocenters. The minimum atomic E-state index is -0.266. The maximum absolute atomic E-state index is 12.1. The van der Waals surface area contributed by atoms with Crippen molar-refractivity contribution in [2.75, 3.05) is 52.6 Å². The van der Waals surface area contributed by atoms with Crippen molar-refractivity contribution < 1.29 is 19.1 Å². The number of carbonyl (C=O) groups excluding carboxylic acids is 2. The molecule has 3 heterocycles. The third-order valence-electron chi connectivity index (χ3n) is 4.73. The van der Waals surface area contributed by atoms with Gasteiger partial charge in [0, 0.05) is 26.2 Å². The van der Waals surface area contributed by atoms with Crippen LogP contribution in [-0.4, -0.2) is 90.9 Å². The molecule has 1 aromatic rings. The van der Waals surface area contributed by atoms with Crippen molar-refractivity contribution >= 4 is 23.5 Å². The van der Waals surface area contributed by atoms with Crippen LogP contribution >= 0.6 is 0 Å². The standard InChI is InChI=1S/C19H27N7O4/c1-14(21-23-18(27)25-6-10-29-11-7-25)16-4-3-5-17(20-16)15(2)22-24-19(28)26-8-12-30-13-9-26/h3-5H,6-13H2,1-2H3,(H,23,27)(H,24,28)/b21-14+,22-15+. The number of hydrogen-bond donors (Lipinski definition) is 2. The predicted octanol–water partition coefficient (Wildman–Crippen LogP) is 0.613. The number of urea groups is 2. The van der Waals surface area contributed by atoms with Gasteiger partial charge in [0.25, 0.3) is 0 Å². The third kappa shape index (κ3) is 5.97. The second kappa shape index (κ2) is 10.6. The summed E-state index contributed by atoms with van der Waals surface area (Å²) in [5.41, 5.74) is 7.42. The lowest BCUT2D eigenvalue weighted by Gasteiger charge is -2.26. The number of ether oxygens (including phenoxy) is 2. The molecule has 0 saturated carbocycles. The maximum Gasteiger partial charge on any atom is 0.337 e. The lowest BCUT2D eigenvalue weighted by atomic mass is 10.2. The summed E-state index contributed by atoms with van der Waals surface area (Å²) in [4.78, 5) is 32.1. The Labute approximate surface area is 175 Å². The molecule has 0 aliphatic carbocycles. The fourth-order valence-electron chi connectivity index (χ4n) is 2.89. The Morgan fingerprint density at radius 2 is 1.23 bits per heavy atom. The van der Waals surface area contributed by atoms with Crippen molar-refractivity contribution in [2.24, 2.45) is 10.2 Å². The topological polar surface area (TPSA) is 121 Å². The molecule has 0 unspecified atom stereocenters. The monoisotopic (exact) mass is 417 g/mol. The van der Waals surface area contributed by atoms with Gasteiger partial charge in [-0.05, 0) is 26.0 Å². The summed E-state index contributed by atoms with van der Waals surface area (Å²) in [5, 5.41) is 8.30. The SMILES string of the molecule is C/C(=N\NC(=O)N1CCOCC1)c1cccc(/C(C)=N/NC(=O)N2CCOCC2)n1. The van der Waals surface area contributed by atoms with E-state index in [9.17, 15) is 9.59 Å². The highest BCUT2D eigenvalue weighted by atomic mass is 16.5. The van der Waals surface area contributed by atoms with Crippen LogP contribution in [-0.2, 0) is 9.47 Å². The quantitative estimate of drug-likeness (QED) is 0.549. The second-order valence-corrected chi connectivity index (χ2v) is 6.84. The van der Waals surface area contributed by atoms with E-state index in [2.05, 4.69) is 26.0 Å². The van der Waals surface area contributed by atoms with Gasteiger partial charge in [0.2, 0.25) is 0 Å². The third-order valence-corrected chi connectivity index (χ3v) is 4.73. The van der Waals surface area contributed by atoms with Crippen LogP contribution in [0.4, 0.5) is 9.59 Å². The molecule has 0 aromatic carbocycles. The number of morpholine rings is 2. The van der Waals surface area contributed by atoms with Gasteiger partial charge in [0.05, 0.1) is 49.2 Å². The van der Waals surface area contributed by atoms with E-state index in [0.29, 0.717) is 75.4 Å². The number of carbonyl (C=O) groups is 2. The Morgan fingerprint density at radius 3 is 1.63 bits per heavy atom. The van der Waals surface area contributed by atoms with Crippen LogP contribution in [0.1, 0.15) is 25.2 Å². The fraction of sp³-hybridized carbons (Fsp3) is 0.526. The van der Waals surface area contributed by atoms with Crippen LogP contribution in [0.2, 0.25) is 0 Å². The van der Waals surface area contributed by atoms with Gasteiger partial charge in [-0.25, -0.2) is 25.4 Å². The molecule has 0 radical (unpaired) electrons. The molecule has 2 saturated heterocycles. The minimum Gasteiger partial charge on any atom is -0.378 e. The molecule has 30 heavy (non-hydrogen) atoms. The molecule has 0 spiro atoms. The number of aromatic nitrogens is 1. The van der Waals surface area contributed by atoms with E-state index in [4.69, 9.17) is 9.47 Å². The lowest BCUT2D eigenvalue weighted by Crippen LogP contribution is -2.45. The number of amides is 4. The lowest BCUT2D eigenvalue weighted by molar-refractivity contribution is 0.0533. The molecule has 2 aliphatic rings. The van der Waals surface area contributed by atoms with Crippen LogP contribution in [0.3, 0.4) is 0 Å². The predicted molar refractivity (Wildman–Crippen MR) is 111 cm³/mol. The largest absolute Gasteiger partial charge is 0.378 e. The number of pyridine rings is 1. The first-order valence-electron chi connectivity index (χ1n) is 9.86. The summed E-state index contributed by atoms with van der Waals surface area (Å²) >= 11 is 0. The molecule has 0 bridgehead atoms. The number of rotatable bonds is 4. The summed E-state index contributed by atoms with van der Waals surface area (Å²) < 4.78 is 10.5. The van der Waals surface area contributed by atoms with Crippen LogP contribution in [0.5, 0.6) is 0 Å². The zero-order valence-electron chi connectivity index (χ0n) is 17.3. The molecule has 2 N–H and O–H groups in total. The first-order valence-corrected chi connectivity index (χ1v) is 9.86. The molecule has 4 amide bonds. The number of hydrazone groups is 2. The molecule has 11 nitrogen and oxygen atoms in total. The van der Waals surface area contributed by atoms with Crippen molar-refractivity contribution in [3.05, 3.63) is 29.6 Å². The van der Waals surface area contributed by atoms with Gasteiger partial charge >= 0.3 is 12.1 Å². The molecular formula is C19H27N7O4. The average Bonchev–Trinajstić information content (AvgIpc) is 2.81. The van der Waals surface area contributed by atoms with E-state index in [1.807, 2.05) is 6.07 Å². The van der Waals surface area contributed by atoms with E-state index >= 15 is 0 Å². The van der Waals surface area contributed by atoms with E-state index in [1.165, 1.54) is 0 Å². The molecule has 162 valence electrons. The number of hydrogen-bond acceptors (Lipinski definition) is 7. The molecule has 1 aromatic heterocycles. The van der Waals surface area contributed by atoms with Crippen LogP contribution in [0.25, 0.3) is 0 Å². The van der Waals surface area contributed by atoms with E-state index in [0.717, 1.165) is 0 Å². The zero-order chi connectivity index (χ0) is 21.3. The zero-order valence-corrected chi connectivity index (χ0v) is 17.3. The van der Waals surface area contributed by atoms with Gasteiger partial charge in [-0.3, -0.25) is 0 Å². The smallest absolute Gasteiger partial charge is 0.337 e. The first kappa shape index (κ1) is 21.7. The van der Waals surface area contributed by atoms with Crippen molar-refractivity contribution in [1.82, 2.24) is 25.6 Å². The summed E-state index contributed by atoms with van der Waals surface area (Å²) in [6.45, 7) is 7.80. The second-order valence-electron chi connectivity index (χ2n) is 6.84. The number of nitrogens with zero attached hydrogens (tertiary/aromatic N) is 5. The summed E-state index contributed by atoms with van der Waals surface area (Å²) in [6.07, 6.45) is 0. The highest BCUT2D eigenvalue weighted by Gasteiger charge is 2.17. The van der Waals surface area contributed by atoms with Gasteiger partial charge in [-0.15, -0.1) is 0 Å². The Balaban J connectivity index is 1.59. The normalized spacial score (nSPS) is 18.2.